The van der Waals surface area contributed by atoms with E-state index in [1.54, 1.807) is 6.07 Å². The first kappa shape index (κ1) is 20.7. The van der Waals surface area contributed by atoms with E-state index in [0.29, 0.717) is 5.69 Å². The van der Waals surface area contributed by atoms with Crippen LogP contribution < -0.4 is 10.9 Å². The van der Waals surface area contributed by atoms with Crippen molar-refractivity contribution in [3.05, 3.63) is 87.9 Å². The maximum absolute atomic E-state index is 12.9. The lowest BCUT2D eigenvalue weighted by Gasteiger charge is -2.12. The van der Waals surface area contributed by atoms with Gasteiger partial charge in [0.15, 0.2) is 0 Å². The van der Waals surface area contributed by atoms with Gasteiger partial charge in [-0.2, -0.15) is 18.3 Å². The van der Waals surface area contributed by atoms with Gasteiger partial charge >= 0.3 is 6.18 Å². The minimum absolute atomic E-state index is 0.0487. The first-order chi connectivity index (χ1) is 14.7. The zero-order chi connectivity index (χ0) is 22.2. The molecule has 0 aliphatic heterocycles. The molecule has 2 aromatic heterocycles. The summed E-state index contributed by atoms with van der Waals surface area (Å²) < 4.78 is 41.2. The van der Waals surface area contributed by atoms with Crippen LogP contribution in [-0.2, 0) is 17.5 Å². The van der Waals surface area contributed by atoms with Crippen molar-refractivity contribution < 1.29 is 18.0 Å². The van der Waals surface area contributed by atoms with E-state index in [9.17, 15) is 22.8 Å². The lowest BCUT2D eigenvalue weighted by molar-refractivity contribution is -0.137. The van der Waals surface area contributed by atoms with Gasteiger partial charge in [-0.3, -0.25) is 9.59 Å². The summed E-state index contributed by atoms with van der Waals surface area (Å²) >= 11 is 5.90. The standard InChI is InChI=1S/C21H14ClF3N4O2/c22-15-7-6-14(21(23,24)25)10-17(15)26-19(30)12-28-8-9-29-18(20(28)31)11-16(27-29)13-4-2-1-3-5-13/h1-11H,12H2,(H,26,30). The predicted octanol–water partition coefficient (Wildman–Crippen LogP) is 4.47. The molecule has 4 rings (SSSR count). The van der Waals surface area contributed by atoms with Crippen LogP contribution in [0.1, 0.15) is 5.56 Å². The number of rotatable bonds is 4. The van der Waals surface area contributed by atoms with Crippen molar-refractivity contribution in [2.75, 3.05) is 5.32 Å². The minimum atomic E-state index is -4.58. The molecular formula is C21H14ClF3N4O2. The summed E-state index contributed by atoms with van der Waals surface area (Å²) in [7, 11) is 0. The molecule has 0 aliphatic carbocycles. The Bertz CT molecular complexity index is 1330. The van der Waals surface area contributed by atoms with Crippen LogP contribution in [-0.4, -0.2) is 20.1 Å². The van der Waals surface area contributed by atoms with Gasteiger partial charge in [0.2, 0.25) is 5.91 Å². The number of fused-ring (bicyclic) bond motifs is 1. The predicted molar refractivity (Wildman–Crippen MR) is 110 cm³/mol. The number of anilines is 1. The second-order valence-corrected chi connectivity index (χ2v) is 7.10. The maximum atomic E-state index is 12.9. The third kappa shape index (κ3) is 4.31. The monoisotopic (exact) mass is 446 g/mol. The zero-order valence-electron chi connectivity index (χ0n) is 15.7. The van der Waals surface area contributed by atoms with Crippen LogP contribution in [0.25, 0.3) is 16.8 Å². The number of carbonyl (C=O) groups excluding carboxylic acids is 1. The summed E-state index contributed by atoms with van der Waals surface area (Å²) in [4.78, 5) is 25.1. The molecule has 1 amide bonds. The Labute approximate surface area is 178 Å². The van der Waals surface area contributed by atoms with E-state index in [0.717, 1.165) is 28.3 Å². The number of aromatic nitrogens is 3. The maximum Gasteiger partial charge on any atom is 0.416 e. The minimum Gasteiger partial charge on any atom is -0.323 e. The van der Waals surface area contributed by atoms with Gasteiger partial charge in [0.25, 0.3) is 5.56 Å². The molecule has 0 bridgehead atoms. The van der Waals surface area contributed by atoms with E-state index in [1.807, 2.05) is 30.3 Å². The van der Waals surface area contributed by atoms with Crippen LogP contribution in [0.3, 0.4) is 0 Å². The molecule has 2 heterocycles. The van der Waals surface area contributed by atoms with Crippen LogP contribution in [0.15, 0.2) is 71.8 Å². The molecule has 1 N–H and O–H groups in total. The Morgan fingerprint density at radius 2 is 1.81 bits per heavy atom. The second-order valence-electron chi connectivity index (χ2n) is 6.70. The quantitative estimate of drug-likeness (QED) is 0.503. The number of hydrogen-bond acceptors (Lipinski definition) is 3. The molecule has 0 radical (unpaired) electrons. The van der Waals surface area contributed by atoms with Gasteiger partial charge in [0.05, 0.1) is 22.0 Å². The number of amides is 1. The first-order valence-corrected chi connectivity index (χ1v) is 9.41. The normalized spacial score (nSPS) is 11.6. The van der Waals surface area contributed by atoms with Crippen molar-refractivity contribution in [3.63, 3.8) is 0 Å². The summed E-state index contributed by atoms with van der Waals surface area (Å²) in [6.45, 7) is -0.409. The molecular weight excluding hydrogens is 433 g/mol. The lowest BCUT2D eigenvalue weighted by Crippen LogP contribution is -2.28. The van der Waals surface area contributed by atoms with Gasteiger partial charge in [0.1, 0.15) is 12.1 Å². The van der Waals surface area contributed by atoms with E-state index < -0.39 is 29.8 Å². The number of nitrogens with zero attached hydrogens (tertiary/aromatic N) is 3. The smallest absolute Gasteiger partial charge is 0.323 e. The largest absolute Gasteiger partial charge is 0.416 e. The van der Waals surface area contributed by atoms with Crippen molar-refractivity contribution in [2.45, 2.75) is 12.7 Å². The Hall–Kier alpha value is -3.59. The molecule has 6 nitrogen and oxygen atoms in total. The fourth-order valence-electron chi connectivity index (χ4n) is 3.04. The molecule has 2 aromatic carbocycles. The third-order valence-corrected chi connectivity index (χ3v) is 4.88. The Morgan fingerprint density at radius 3 is 2.52 bits per heavy atom. The topological polar surface area (TPSA) is 68.4 Å². The van der Waals surface area contributed by atoms with Crippen LogP contribution in [0.5, 0.6) is 0 Å². The van der Waals surface area contributed by atoms with Crippen LogP contribution in [0.4, 0.5) is 18.9 Å². The molecule has 0 unspecified atom stereocenters. The molecule has 0 aliphatic rings. The highest BCUT2D eigenvalue weighted by molar-refractivity contribution is 6.33. The summed E-state index contributed by atoms with van der Waals surface area (Å²) in [6.07, 6.45) is -1.68. The SMILES string of the molecule is O=C(Cn1ccn2nc(-c3ccccc3)cc2c1=O)Nc1cc(C(F)(F)F)ccc1Cl. The third-order valence-electron chi connectivity index (χ3n) is 4.55. The number of halogens is 4. The summed E-state index contributed by atoms with van der Waals surface area (Å²) in [6, 6.07) is 13.5. The molecule has 4 aromatic rings. The van der Waals surface area contributed by atoms with Gasteiger partial charge in [-0.25, -0.2) is 4.52 Å². The van der Waals surface area contributed by atoms with Crippen LogP contribution in [0.2, 0.25) is 5.02 Å². The van der Waals surface area contributed by atoms with Crippen molar-refractivity contribution in [3.8, 4) is 11.3 Å². The molecule has 158 valence electrons. The fraction of sp³-hybridized carbons (Fsp3) is 0.0952. The molecule has 31 heavy (non-hydrogen) atoms. The molecule has 0 saturated carbocycles. The second kappa shape index (κ2) is 7.92. The number of nitrogens with one attached hydrogen (secondary N) is 1. The van der Waals surface area contributed by atoms with Crippen LogP contribution >= 0.6 is 11.6 Å². The van der Waals surface area contributed by atoms with Gasteiger partial charge in [-0.05, 0) is 24.3 Å². The highest BCUT2D eigenvalue weighted by atomic mass is 35.5. The van der Waals surface area contributed by atoms with Crippen molar-refractivity contribution >= 4 is 28.7 Å². The zero-order valence-corrected chi connectivity index (χ0v) is 16.5. The van der Waals surface area contributed by atoms with E-state index in [-0.39, 0.29) is 16.2 Å². The van der Waals surface area contributed by atoms with Gasteiger partial charge in [-0.15, -0.1) is 0 Å². The molecule has 0 spiro atoms. The molecule has 0 atom stereocenters. The Morgan fingerprint density at radius 1 is 1.06 bits per heavy atom. The molecule has 10 heteroatoms. The van der Waals surface area contributed by atoms with Crippen molar-refractivity contribution in [1.82, 2.24) is 14.2 Å². The lowest BCUT2D eigenvalue weighted by atomic mass is 10.1. The van der Waals surface area contributed by atoms with Crippen molar-refractivity contribution in [1.29, 1.82) is 0 Å². The number of carbonyl (C=O) groups is 1. The summed E-state index contributed by atoms with van der Waals surface area (Å²) in [5.74, 6) is -0.699. The Balaban J connectivity index is 1.58. The van der Waals surface area contributed by atoms with E-state index in [2.05, 4.69) is 10.4 Å². The number of benzene rings is 2. The van der Waals surface area contributed by atoms with E-state index in [1.165, 1.54) is 16.9 Å². The highest BCUT2D eigenvalue weighted by Crippen LogP contribution is 2.33. The van der Waals surface area contributed by atoms with Gasteiger partial charge < -0.3 is 9.88 Å². The molecule has 0 saturated heterocycles. The summed E-state index contributed by atoms with van der Waals surface area (Å²) in [5.41, 5.74) is 0.0725. The van der Waals surface area contributed by atoms with Crippen molar-refractivity contribution in [2.24, 2.45) is 0 Å². The average molecular weight is 447 g/mol. The van der Waals surface area contributed by atoms with Gasteiger partial charge in [-0.1, -0.05) is 41.9 Å². The first-order valence-electron chi connectivity index (χ1n) is 9.03. The number of alkyl halides is 3. The Kier molecular flexibility index (Phi) is 5.28. The van der Waals surface area contributed by atoms with Crippen LogP contribution in [0, 0.1) is 0 Å². The molecule has 0 fully saturated rings. The summed E-state index contributed by atoms with van der Waals surface area (Å²) in [5, 5.41) is 6.63. The number of hydrogen-bond donors (Lipinski definition) is 1. The highest BCUT2D eigenvalue weighted by Gasteiger charge is 2.31. The van der Waals surface area contributed by atoms with E-state index >= 15 is 0 Å². The van der Waals surface area contributed by atoms with Gasteiger partial charge in [0, 0.05) is 18.0 Å². The fourth-order valence-corrected chi connectivity index (χ4v) is 3.21. The van der Waals surface area contributed by atoms with E-state index in [4.69, 9.17) is 11.6 Å². The average Bonchev–Trinajstić information content (AvgIpc) is 3.17.